The summed E-state index contributed by atoms with van der Waals surface area (Å²) in [5, 5.41) is 0. The predicted molar refractivity (Wildman–Crippen MR) is 162 cm³/mol. The van der Waals surface area contributed by atoms with Crippen LogP contribution in [0.25, 0.3) is 20.8 Å². The Balaban J connectivity index is 1.27. The molecule has 0 aliphatic heterocycles. The number of rotatable bonds is 15. The number of Topliss-reactive ketones (excluding diaryl/α,β-unsaturated/α-hetero) is 1. The summed E-state index contributed by atoms with van der Waals surface area (Å²) in [6.07, 6.45) is 8.23. The molecule has 0 unspecified atom stereocenters. The van der Waals surface area contributed by atoms with Crippen molar-refractivity contribution in [3.63, 3.8) is 0 Å². The van der Waals surface area contributed by atoms with E-state index in [1.165, 1.54) is 17.4 Å². The van der Waals surface area contributed by atoms with Gasteiger partial charge in [0.05, 0.1) is 20.8 Å². The summed E-state index contributed by atoms with van der Waals surface area (Å²) in [5.74, 6) is 0.750. The molecule has 7 nitrogen and oxygen atoms in total. The number of carbonyl (C=O) groups excluding carboxylic acids is 2. The standard InChI is InChI=1S/C33H36FN3O4S/c1-3-13-37(32(39)21-40-14-4-2)20-24-7-9-27(36-19-24)31-18-28-33(42-31)30(11-12-35-28)41-29-10-8-23(17-26(29)34)16-25(38)15-22-5-6-22/h7-12,17-19,22H,3-6,13-16,20-21H2,1-2H3. The molecule has 42 heavy (non-hydrogen) atoms. The van der Waals surface area contributed by atoms with Crippen molar-refractivity contribution >= 4 is 33.2 Å². The lowest BCUT2D eigenvalue weighted by Gasteiger charge is -2.22. The van der Waals surface area contributed by atoms with Crippen LogP contribution in [0.3, 0.4) is 0 Å². The van der Waals surface area contributed by atoms with Gasteiger partial charge in [-0.05, 0) is 67.0 Å². The molecule has 3 heterocycles. The summed E-state index contributed by atoms with van der Waals surface area (Å²) < 4.78 is 27.2. The molecule has 1 aliphatic rings. The monoisotopic (exact) mass is 589 g/mol. The van der Waals surface area contributed by atoms with E-state index in [9.17, 15) is 14.0 Å². The van der Waals surface area contributed by atoms with Crippen LogP contribution in [0.1, 0.15) is 57.1 Å². The van der Waals surface area contributed by atoms with Crippen LogP contribution in [-0.4, -0.2) is 46.3 Å². The molecule has 220 valence electrons. The van der Waals surface area contributed by atoms with E-state index in [2.05, 4.69) is 9.97 Å². The van der Waals surface area contributed by atoms with Crippen molar-refractivity contribution in [2.75, 3.05) is 19.8 Å². The largest absolute Gasteiger partial charge is 0.453 e. The average molecular weight is 590 g/mol. The van der Waals surface area contributed by atoms with Crippen molar-refractivity contribution in [1.82, 2.24) is 14.9 Å². The number of fused-ring (bicyclic) bond motifs is 1. The van der Waals surface area contributed by atoms with E-state index in [0.717, 1.165) is 52.0 Å². The number of benzene rings is 1. The molecule has 5 rings (SSSR count). The van der Waals surface area contributed by atoms with Crippen molar-refractivity contribution < 1.29 is 23.5 Å². The van der Waals surface area contributed by atoms with Gasteiger partial charge in [0.2, 0.25) is 5.91 Å². The highest BCUT2D eigenvalue weighted by Crippen LogP contribution is 2.39. The lowest BCUT2D eigenvalue weighted by atomic mass is 10.0. The predicted octanol–water partition coefficient (Wildman–Crippen LogP) is 7.37. The Bertz CT molecular complexity index is 1530. The molecule has 3 aromatic heterocycles. The third-order valence-electron chi connectivity index (χ3n) is 7.08. The van der Waals surface area contributed by atoms with Gasteiger partial charge >= 0.3 is 0 Å². The molecule has 1 saturated carbocycles. The molecular formula is C33H36FN3O4S. The second-order valence-electron chi connectivity index (χ2n) is 10.8. The number of nitrogens with zero attached hydrogens (tertiary/aromatic N) is 3. The third-order valence-corrected chi connectivity index (χ3v) is 8.24. The van der Waals surface area contributed by atoms with Crippen LogP contribution in [-0.2, 0) is 27.3 Å². The first kappa shape index (κ1) is 29.8. The maximum atomic E-state index is 14.9. The number of ether oxygens (including phenoxy) is 2. The van der Waals surface area contributed by atoms with Gasteiger partial charge in [-0.3, -0.25) is 19.6 Å². The Hall–Kier alpha value is -3.69. The van der Waals surface area contributed by atoms with Crippen LogP contribution < -0.4 is 4.74 Å². The second-order valence-corrected chi connectivity index (χ2v) is 11.8. The summed E-state index contributed by atoms with van der Waals surface area (Å²) in [7, 11) is 0. The normalized spacial score (nSPS) is 12.9. The maximum Gasteiger partial charge on any atom is 0.248 e. The number of halogens is 1. The van der Waals surface area contributed by atoms with E-state index in [0.29, 0.717) is 43.3 Å². The molecular weight excluding hydrogens is 553 g/mol. The molecule has 1 amide bonds. The van der Waals surface area contributed by atoms with Gasteiger partial charge in [-0.25, -0.2) is 4.39 Å². The molecule has 0 radical (unpaired) electrons. The first-order valence-electron chi connectivity index (χ1n) is 14.6. The van der Waals surface area contributed by atoms with E-state index in [1.54, 1.807) is 35.5 Å². The zero-order valence-electron chi connectivity index (χ0n) is 24.1. The number of hydrogen-bond acceptors (Lipinski definition) is 7. The van der Waals surface area contributed by atoms with Crippen molar-refractivity contribution in [3.05, 3.63) is 71.8 Å². The van der Waals surface area contributed by atoms with E-state index in [-0.39, 0.29) is 30.5 Å². The Morgan fingerprint density at radius 3 is 2.57 bits per heavy atom. The molecule has 0 saturated heterocycles. The molecule has 1 aliphatic carbocycles. The fraction of sp³-hybridized carbons (Fsp3) is 0.394. The van der Waals surface area contributed by atoms with Crippen molar-refractivity contribution in [2.45, 2.75) is 58.9 Å². The minimum atomic E-state index is -0.502. The quantitative estimate of drug-likeness (QED) is 0.135. The fourth-order valence-electron chi connectivity index (χ4n) is 4.76. The Kier molecular flexibility index (Phi) is 9.92. The third kappa shape index (κ3) is 7.77. The topological polar surface area (TPSA) is 81.6 Å². The number of hydrogen-bond donors (Lipinski definition) is 0. The van der Waals surface area contributed by atoms with Crippen LogP contribution in [0.4, 0.5) is 4.39 Å². The minimum Gasteiger partial charge on any atom is -0.453 e. The molecule has 0 atom stereocenters. The van der Waals surface area contributed by atoms with Crippen molar-refractivity contribution in [1.29, 1.82) is 0 Å². The van der Waals surface area contributed by atoms with Crippen molar-refractivity contribution in [2.24, 2.45) is 5.92 Å². The summed E-state index contributed by atoms with van der Waals surface area (Å²) in [6.45, 7) is 5.85. The van der Waals surface area contributed by atoms with E-state index >= 15 is 0 Å². The fourth-order valence-corrected chi connectivity index (χ4v) is 5.80. The van der Waals surface area contributed by atoms with E-state index < -0.39 is 5.82 Å². The lowest BCUT2D eigenvalue weighted by Crippen LogP contribution is -2.34. The maximum absolute atomic E-state index is 14.9. The minimum absolute atomic E-state index is 0.0226. The summed E-state index contributed by atoms with van der Waals surface area (Å²) in [4.78, 5) is 36.6. The van der Waals surface area contributed by atoms with Gasteiger partial charge in [-0.2, -0.15) is 0 Å². The number of thiophene rings is 1. The number of aromatic nitrogens is 2. The van der Waals surface area contributed by atoms with Gasteiger partial charge in [-0.15, -0.1) is 11.3 Å². The molecule has 1 aromatic carbocycles. The lowest BCUT2D eigenvalue weighted by molar-refractivity contribution is -0.136. The SMILES string of the molecule is CCCOCC(=O)N(CCC)Cc1ccc(-c2cc3nccc(Oc4ccc(CC(=O)CC5CC5)cc4F)c3s2)nc1. The van der Waals surface area contributed by atoms with Crippen LogP contribution in [0, 0.1) is 11.7 Å². The Labute approximate surface area is 249 Å². The van der Waals surface area contributed by atoms with Crippen LogP contribution in [0.5, 0.6) is 11.5 Å². The zero-order valence-corrected chi connectivity index (χ0v) is 24.9. The van der Waals surface area contributed by atoms with Crippen LogP contribution in [0.2, 0.25) is 0 Å². The highest BCUT2D eigenvalue weighted by atomic mass is 32.1. The van der Waals surface area contributed by atoms with E-state index in [4.69, 9.17) is 9.47 Å². The number of ketones is 1. The highest BCUT2D eigenvalue weighted by molar-refractivity contribution is 7.22. The van der Waals surface area contributed by atoms with Crippen molar-refractivity contribution in [3.8, 4) is 22.1 Å². The molecule has 0 bridgehead atoms. The first-order chi connectivity index (χ1) is 20.4. The summed E-state index contributed by atoms with van der Waals surface area (Å²) >= 11 is 1.47. The molecule has 0 spiro atoms. The number of carbonyl (C=O) groups is 2. The summed E-state index contributed by atoms with van der Waals surface area (Å²) in [6, 6.07) is 12.3. The second kappa shape index (κ2) is 14.0. The van der Waals surface area contributed by atoms with Crippen LogP contribution in [0.15, 0.2) is 54.9 Å². The van der Waals surface area contributed by atoms with Gasteiger partial charge in [0, 0.05) is 51.0 Å². The number of pyridine rings is 2. The van der Waals surface area contributed by atoms with E-state index in [1.807, 2.05) is 32.0 Å². The van der Waals surface area contributed by atoms with Gasteiger partial charge in [0.25, 0.3) is 0 Å². The van der Waals surface area contributed by atoms with Gasteiger partial charge in [0.1, 0.15) is 18.1 Å². The molecule has 0 N–H and O–H groups in total. The van der Waals surface area contributed by atoms with Gasteiger partial charge < -0.3 is 14.4 Å². The first-order valence-corrected chi connectivity index (χ1v) is 15.4. The average Bonchev–Trinajstić information content (AvgIpc) is 3.68. The smallest absolute Gasteiger partial charge is 0.248 e. The van der Waals surface area contributed by atoms with Crippen LogP contribution >= 0.6 is 11.3 Å². The molecule has 1 fully saturated rings. The molecule has 4 aromatic rings. The highest BCUT2D eigenvalue weighted by Gasteiger charge is 2.24. The summed E-state index contributed by atoms with van der Waals surface area (Å²) in [5.41, 5.74) is 3.10. The Morgan fingerprint density at radius 2 is 1.86 bits per heavy atom. The zero-order chi connectivity index (χ0) is 29.5. The number of amides is 1. The van der Waals surface area contributed by atoms with Gasteiger partial charge in [0.15, 0.2) is 11.6 Å². The van der Waals surface area contributed by atoms with Gasteiger partial charge in [-0.1, -0.05) is 26.0 Å². The molecule has 9 heteroatoms. The Morgan fingerprint density at radius 1 is 1.02 bits per heavy atom.